The fourth-order valence-electron chi connectivity index (χ4n) is 0. The van der Waals surface area contributed by atoms with Crippen LogP contribution >= 0.6 is 0 Å². The van der Waals surface area contributed by atoms with E-state index in [-0.39, 0.29) is 243 Å². The van der Waals surface area contributed by atoms with Crippen molar-refractivity contribution in [1.29, 1.82) is 0 Å². The molecular weight excluding hydrogens is 360 g/mol. The van der Waals surface area contributed by atoms with E-state index in [1.54, 1.807) is 0 Å². The predicted octanol–water partition coefficient (Wildman–Crippen LogP) is -12.8. The third-order valence-corrected chi connectivity index (χ3v) is 0. The summed E-state index contributed by atoms with van der Waals surface area (Å²) in [6.45, 7) is 0. The van der Waals surface area contributed by atoms with Crippen molar-refractivity contribution in [3.63, 3.8) is 0 Å². The molecule has 15 heavy (non-hydrogen) atoms. The van der Waals surface area contributed by atoms with E-state index in [0.717, 1.165) is 0 Å². The molecule has 0 aliphatic heterocycles. The summed E-state index contributed by atoms with van der Waals surface area (Å²) in [4.78, 5) is 0. The Kier molecular flexibility index (Phi) is 3240. The van der Waals surface area contributed by atoms with Crippen LogP contribution in [0.1, 0.15) is 0 Å². The van der Waals surface area contributed by atoms with Crippen LogP contribution in [0.5, 0.6) is 0 Å². The first kappa shape index (κ1) is 238. The zero-order valence-electron chi connectivity index (χ0n) is 5.00. The molecule has 0 heterocycles. The van der Waals surface area contributed by atoms with Gasteiger partial charge >= 0.3 is 189 Å². The Bertz CT molecular complexity index is 13.8. The monoisotopic (exact) mass is 390 g/mol. The van der Waals surface area contributed by atoms with E-state index in [4.69, 9.17) is 0 Å². The van der Waals surface area contributed by atoms with Crippen LogP contribution in [0.4, 0.5) is 0 Å². The molecule has 0 spiro atoms. The SMILES string of the molecule is O.O.O.O.O.O.O.O.O.O.[CaH2].[CaH2].[CaH2].[CaH2].[CaH2]. The van der Waals surface area contributed by atoms with Crippen molar-refractivity contribution in [3.8, 4) is 0 Å². The molecule has 0 fully saturated rings. The Hall–Kier alpha value is 5.90. The molecule has 0 aromatic carbocycles. The van der Waals surface area contributed by atoms with Crippen molar-refractivity contribution in [2.75, 3.05) is 0 Å². The fourth-order valence-corrected chi connectivity index (χ4v) is 0. The van der Waals surface area contributed by atoms with Crippen LogP contribution < -0.4 is 0 Å². The predicted molar refractivity (Wildman–Crippen MR) is 78.9 cm³/mol. The first-order valence-corrected chi connectivity index (χ1v) is 0. The molecule has 0 aromatic heterocycles. The number of hydrogen-bond acceptors (Lipinski definition) is 0. The van der Waals surface area contributed by atoms with Crippen LogP contribution in [0.25, 0.3) is 0 Å². The van der Waals surface area contributed by atoms with Gasteiger partial charge in [-0.15, -0.1) is 0 Å². The molecule has 0 bridgehead atoms. The number of hydrogen-bond donors (Lipinski definition) is 0. The standard InChI is InChI=1S/5Ca.10H2O.10H/h;;;;;10*1H2;;;;;;;;;;. The Morgan fingerprint density at radius 2 is 0.133 bits per heavy atom. The Balaban J connectivity index is 0. The Morgan fingerprint density at radius 3 is 0.133 bits per heavy atom. The second-order valence-corrected chi connectivity index (χ2v) is 0. The normalized spacial score (nSPS) is 0. The molecule has 0 aliphatic rings. The first-order chi connectivity index (χ1) is 0. The Labute approximate surface area is 237 Å². The van der Waals surface area contributed by atoms with E-state index in [2.05, 4.69) is 0 Å². The van der Waals surface area contributed by atoms with Gasteiger partial charge < -0.3 is 54.8 Å². The van der Waals surface area contributed by atoms with Crippen LogP contribution in [-0.4, -0.2) is 243 Å². The number of rotatable bonds is 0. The van der Waals surface area contributed by atoms with Crippen molar-refractivity contribution in [2.24, 2.45) is 0 Å². The molecule has 0 atom stereocenters. The zero-order valence-corrected chi connectivity index (χ0v) is 5.00. The van der Waals surface area contributed by atoms with Gasteiger partial charge in [0.15, 0.2) is 0 Å². The minimum absolute atomic E-state index is 0. The van der Waals surface area contributed by atoms with Crippen LogP contribution in [-0.2, 0) is 0 Å². The summed E-state index contributed by atoms with van der Waals surface area (Å²) in [5.74, 6) is 0. The second-order valence-electron chi connectivity index (χ2n) is 0. The third kappa shape index (κ3) is 183. The summed E-state index contributed by atoms with van der Waals surface area (Å²) in [5, 5.41) is 0. The van der Waals surface area contributed by atoms with Gasteiger partial charge in [-0.25, -0.2) is 0 Å². The summed E-state index contributed by atoms with van der Waals surface area (Å²) in [7, 11) is 0. The van der Waals surface area contributed by atoms with Crippen molar-refractivity contribution in [2.45, 2.75) is 0 Å². The van der Waals surface area contributed by atoms with Crippen LogP contribution in [0, 0.1) is 0 Å². The van der Waals surface area contributed by atoms with Crippen LogP contribution in [0.3, 0.4) is 0 Å². The van der Waals surface area contributed by atoms with Gasteiger partial charge in [-0.1, -0.05) is 0 Å². The van der Waals surface area contributed by atoms with Crippen molar-refractivity contribution < 1.29 is 54.8 Å². The van der Waals surface area contributed by atoms with Gasteiger partial charge in [0.05, 0.1) is 0 Å². The topological polar surface area (TPSA) is 315 Å². The molecule has 0 unspecified atom stereocenters. The van der Waals surface area contributed by atoms with E-state index >= 15 is 0 Å². The van der Waals surface area contributed by atoms with Gasteiger partial charge in [0.1, 0.15) is 0 Å². The molecule has 10 nitrogen and oxygen atoms in total. The van der Waals surface area contributed by atoms with Crippen LogP contribution in [0.2, 0.25) is 0 Å². The quantitative estimate of drug-likeness (QED) is 0.347. The van der Waals surface area contributed by atoms with Gasteiger partial charge in [0.25, 0.3) is 0 Å². The molecule has 20 N–H and O–H groups in total. The van der Waals surface area contributed by atoms with Gasteiger partial charge in [-0.05, 0) is 0 Å². The van der Waals surface area contributed by atoms with Gasteiger partial charge in [-0.3, -0.25) is 0 Å². The van der Waals surface area contributed by atoms with Crippen molar-refractivity contribution >= 4 is 189 Å². The second kappa shape index (κ2) is 204. The van der Waals surface area contributed by atoms with E-state index in [1.165, 1.54) is 0 Å². The van der Waals surface area contributed by atoms with E-state index < -0.39 is 0 Å². The summed E-state index contributed by atoms with van der Waals surface area (Å²) >= 11 is 0. The molecule has 0 radical (unpaired) electrons. The minimum atomic E-state index is 0. The van der Waals surface area contributed by atoms with Crippen molar-refractivity contribution in [3.05, 3.63) is 0 Å². The summed E-state index contributed by atoms with van der Waals surface area (Å²) in [6.07, 6.45) is 0. The third-order valence-electron chi connectivity index (χ3n) is 0. The average molecular weight is 391 g/mol. The maximum absolute atomic E-state index is 0. The van der Waals surface area contributed by atoms with E-state index in [1.807, 2.05) is 0 Å². The van der Waals surface area contributed by atoms with Gasteiger partial charge in [0, 0.05) is 0 Å². The van der Waals surface area contributed by atoms with Crippen LogP contribution in [0.15, 0.2) is 0 Å². The zero-order chi connectivity index (χ0) is 0. The molecule has 0 aromatic rings. The van der Waals surface area contributed by atoms with E-state index in [0.29, 0.717) is 0 Å². The maximum atomic E-state index is 0. The molecular formula is H30Ca5O10. The molecule has 0 saturated carbocycles. The molecule has 0 amide bonds. The summed E-state index contributed by atoms with van der Waals surface area (Å²) in [6, 6.07) is 0. The summed E-state index contributed by atoms with van der Waals surface area (Å²) in [5.41, 5.74) is 0. The molecule has 100 valence electrons. The van der Waals surface area contributed by atoms with E-state index in [9.17, 15) is 0 Å². The van der Waals surface area contributed by atoms with Gasteiger partial charge in [-0.2, -0.15) is 0 Å². The fraction of sp³-hybridized carbons (Fsp3) is 0. The summed E-state index contributed by atoms with van der Waals surface area (Å²) < 4.78 is 0. The van der Waals surface area contributed by atoms with Crippen molar-refractivity contribution in [1.82, 2.24) is 0 Å². The molecule has 0 saturated heterocycles. The van der Waals surface area contributed by atoms with Gasteiger partial charge in [0.2, 0.25) is 0 Å². The first-order valence-electron chi connectivity index (χ1n) is 0. The average Bonchev–Trinajstić information content (AvgIpc) is 0. The Morgan fingerprint density at radius 1 is 0.133 bits per heavy atom. The molecule has 0 rings (SSSR count). The molecule has 15 heteroatoms. The molecule has 0 aliphatic carbocycles.